The van der Waals surface area contributed by atoms with Crippen LogP contribution in [0, 0.1) is 10.1 Å². The van der Waals surface area contributed by atoms with Gasteiger partial charge in [-0.3, -0.25) is 10.1 Å². The smallest absolute Gasteiger partial charge is 0.269 e. The lowest BCUT2D eigenvalue weighted by Crippen LogP contribution is -1.86. The molecule has 0 aliphatic carbocycles. The molecule has 100 valence electrons. The van der Waals surface area contributed by atoms with Crippen molar-refractivity contribution in [2.75, 3.05) is 0 Å². The van der Waals surface area contributed by atoms with Crippen molar-refractivity contribution in [2.45, 2.75) is 0 Å². The fraction of sp³-hybridized carbons (Fsp3) is 0. The van der Waals surface area contributed by atoms with E-state index < -0.39 is 4.92 Å². The molecule has 0 amide bonds. The average molecular weight is 397 g/mol. The van der Waals surface area contributed by atoms with E-state index in [-0.39, 0.29) is 5.69 Å². The summed E-state index contributed by atoms with van der Waals surface area (Å²) in [4.78, 5) is 10.2. The van der Waals surface area contributed by atoms with Crippen LogP contribution < -0.4 is 0 Å². The summed E-state index contributed by atoms with van der Waals surface area (Å²) in [5.74, 6) is 0.675. The molecule has 1 heterocycles. The molecular formula is C14H7Br2NO3. The molecule has 0 saturated heterocycles. The molecule has 0 saturated carbocycles. The molecule has 3 aromatic rings. The first-order valence-electron chi connectivity index (χ1n) is 5.68. The fourth-order valence-electron chi connectivity index (χ4n) is 1.97. The van der Waals surface area contributed by atoms with Gasteiger partial charge in [-0.25, -0.2) is 0 Å². The van der Waals surface area contributed by atoms with Gasteiger partial charge >= 0.3 is 0 Å². The molecule has 0 radical (unpaired) electrons. The second-order valence-corrected chi connectivity index (χ2v) is 5.99. The van der Waals surface area contributed by atoms with E-state index in [1.165, 1.54) is 12.1 Å². The molecule has 2 aromatic carbocycles. The lowest BCUT2D eigenvalue weighted by Gasteiger charge is -1.96. The van der Waals surface area contributed by atoms with E-state index in [1.54, 1.807) is 12.1 Å². The number of benzene rings is 2. The summed E-state index contributed by atoms with van der Waals surface area (Å²) in [6, 6.07) is 12.1. The van der Waals surface area contributed by atoms with Gasteiger partial charge in [-0.1, -0.05) is 15.9 Å². The zero-order chi connectivity index (χ0) is 14.3. The first-order chi connectivity index (χ1) is 9.54. The number of nitro groups is 1. The Labute approximate surface area is 130 Å². The summed E-state index contributed by atoms with van der Waals surface area (Å²) in [6.07, 6.45) is 0. The van der Waals surface area contributed by atoms with E-state index in [2.05, 4.69) is 31.9 Å². The Hall–Kier alpha value is -1.66. The zero-order valence-corrected chi connectivity index (χ0v) is 13.1. The third-order valence-corrected chi connectivity index (χ3v) is 3.95. The Morgan fingerprint density at radius 2 is 1.75 bits per heavy atom. The molecule has 0 atom stereocenters. The van der Waals surface area contributed by atoms with Crippen LogP contribution in [0.3, 0.4) is 0 Å². The molecule has 0 fully saturated rings. The van der Waals surface area contributed by atoms with Gasteiger partial charge in [0.25, 0.3) is 5.69 Å². The summed E-state index contributed by atoms with van der Waals surface area (Å²) in [5, 5.41) is 11.6. The van der Waals surface area contributed by atoms with Crippen molar-refractivity contribution in [1.29, 1.82) is 0 Å². The average Bonchev–Trinajstić information content (AvgIpc) is 2.83. The predicted octanol–water partition coefficient (Wildman–Crippen LogP) is 5.53. The highest BCUT2D eigenvalue weighted by molar-refractivity contribution is 9.11. The molecule has 1 aromatic heterocycles. The fourth-order valence-corrected chi connectivity index (χ4v) is 3.30. The van der Waals surface area contributed by atoms with Gasteiger partial charge in [0, 0.05) is 27.6 Å². The van der Waals surface area contributed by atoms with Crippen LogP contribution in [0.15, 0.2) is 55.8 Å². The van der Waals surface area contributed by atoms with E-state index in [0.717, 1.165) is 25.5 Å². The lowest BCUT2D eigenvalue weighted by molar-refractivity contribution is -0.384. The normalized spacial score (nSPS) is 10.9. The van der Waals surface area contributed by atoms with Crippen molar-refractivity contribution in [1.82, 2.24) is 0 Å². The minimum Gasteiger partial charge on any atom is -0.455 e. The van der Waals surface area contributed by atoms with Gasteiger partial charge in [-0.2, -0.15) is 0 Å². The minimum absolute atomic E-state index is 0.0637. The van der Waals surface area contributed by atoms with Crippen molar-refractivity contribution >= 4 is 48.5 Å². The number of furan rings is 1. The molecule has 3 rings (SSSR count). The maximum absolute atomic E-state index is 10.6. The first-order valence-corrected chi connectivity index (χ1v) is 7.26. The molecule has 0 bridgehead atoms. The first kappa shape index (κ1) is 13.3. The molecule has 0 aliphatic heterocycles. The second-order valence-electron chi connectivity index (χ2n) is 4.22. The van der Waals surface area contributed by atoms with Gasteiger partial charge in [0.2, 0.25) is 0 Å². The molecule has 0 N–H and O–H groups in total. The quantitative estimate of drug-likeness (QED) is 0.422. The number of nitrogens with zero attached hydrogens (tertiary/aromatic N) is 1. The van der Waals surface area contributed by atoms with E-state index in [1.807, 2.05) is 18.2 Å². The zero-order valence-electron chi connectivity index (χ0n) is 9.97. The monoisotopic (exact) mass is 395 g/mol. The van der Waals surface area contributed by atoms with Crippen molar-refractivity contribution < 1.29 is 9.34 Å². The highest BCUT2D eigenvalue weighted by Gasteiger charge is 2.11. The summed E-state index contributed by atoms with van der Waals surface area (Å²) in [6.45, 7) is 0. The molecule has 20 heavy (non-hydrogen) atoms. The molecule has 6 heteroatoms. The lowest BCUT2D eigenvalue weighted by atomic mass is 10.1. The number of nitro benzene ring substituents is 1. The van der Waals surface area contributed by atoms with Gasteiger partial charge in [-0.05, 0) is 46.3 Å². The van der Waals surface area contributed by atoms with Crippen molar-refractivity contribution in [3.63, 3.8) is 0 Å². The Morgan fingerprint density at radius 1 is 1.05 bits per heavy atom. The Kier molecular flexibility index (Phi) is 3.35. The van der Waals surface area contributed by atoms with Gasteiger partial charge < -0.3 is 4.42 Å². The Bertz CT molecular complexity index is 809. The van der Waals surface area contributed by atoms with Crippen LogP contribution in [0.25, 0.3) is 22.3 Å². The Balaban J connectivity index is 2.10. The highest BCUT2D eigenvalue weighted by Crippen LogP contribution is 2.35. The second kappa shape index (κ2) is 5.03. The van der Waals surface area contributed by atoms with Crippen LogP contribution in [0.5, 0.6) is 0 Å². The molecule has 0 unspecified atom stereocenters. The van der Waals surface area contributed by atoms with Crippen LogP contribution in [-0.2, 0) is 0 Å². The van der Waals surface area contributed by atoms with Gasteiger partial charge in [0.05, 0.1) is 9.40 Å². The number of hydrogen-bond acceptors (Lipinski definition) is 3. The van der Waals surface area contributed by atoms with Crippen LogP contribution >= 0.6 is 31.9 Å². The third-order valence-electron chi connectivity index (χ3n) is 2.90. The molecule has 0 aliphatic rings. The van der Waals surface area contributed by atoms with Crippen LogP contribution in [0.2, 0.25) is 0 Å². The van der Waals surface area contributed by atoms with Gasteiger partial charge in [0.15, 0.2) is 0 Å². The van der Waals surface area contributed by atoms with Crippen molar-refractivity contribution in [3.8, 4) is 11.3 Å². The number of fused-ring (bicyclic) bond motifs is 1. The van der Waals surface area contributed by atoms with Crippen molar-refractivity contribution in [2.24, 2.45) is 0 Å². The summed E-state index contributed by atoms with van der Waals surface area (Å²) < 4.78 is 7.61. The molecular weight excluding hydrogens is 390 g/mol. The Morgan fingerprint density at radius 3 is 2.40 bits per heavy atom. The standard InChI is InChI=1S/C14H7Br2NO3/c15-10-5-9-6-13(20-14(9)12(16)7-10)8-1-3-11(4-2-8)17(18)19/h1-7H. The van der Waals surface area contributed by atoms with Crippen molar-refractivity contribution in [3.05, 3.63) is 61.5 Å². The molecule has 4 nitrogen and oxygen atoms in total. The number of hydrogen-bond donors (Lipinski definition) is 0. The summed E-state index contributed by atoms with van der Waals surface area (Å²) >= 11 is 6.88. The van der Waals surface area contributed by atoms with E-state index in [4.69, 9.17) is 4.42 Å². The number of rotatable bonds is 2. The minimum atomic E-state index is -0.421. The SMILES string of the molecule is O=[N+]([O-])c1ccc(-c2cc3cc(Br)cc(Br)c3o2)cc1. The van der Waals surface area contributed by atoms with E-state index >= 15 is 0 Å². The van der Waals surface area contributed by atoms with Gasteiger partial charge in [-0.15, -0.1) is 0 Å². The summed E-state index contributed by atoms with van der Waals surface area (Å²) in [7, 11) is 0. The largest absolute Gasteiger partial charge is 0.455 e. The van der Waals surface area contributed by atoms with E-state index in [0.29, 0.717) is 5.76 Å². The maximum Gasteiger partial charge on any atom is 0.269 e. The van der Waals surface area contributed by atoms with Crippen LogP contribution in [0.4, 0.5) is 5.69 Å². The number of halogens is 2. The van der Waals surface area contributed by atoms with E-state index in [9.17, 15) is 10.1 Å². The van der Waals surface area contributed by atoms with Gasteiger partial charge in [0.1, 0.15) is 11.3 Å². The highest BCUT2D eigenvalue weighted by atomic mass is 79.9. The number of non-ortho nitro benzene ring substituents is 1. The predicted molar refractivity (Wildman–Crippen MR) is 83.7 cm³/mol. The maximum atomic E-state index is 10.6. The summed E-state index contributed by atoms with van der Waals surface area (Å²) in [5.41, 5.74) is 1.62. The van der Waals surface area contributed by atoms with Crippen LogP contribution in [0.1, 0.15) is 0 Å². The topological polar surface area (TPSA) is 56.3 Å². The molecule has 0 spiro atoms. The third kappa shape index (κ3) is 2.36. The van der Waals surface area contributed by atoms with Crippen LogP contribution in [-0.4, -0.2) is 4.92 Å².